The number of hydrogen-bond donors (Lipinski definition) is 0. The fourth-order valence-electron chi connectivity index (χ4n) is 2.94. The lowest BCUT2D eigenvalue weighted by atomic mass is 10.2. The van der Waals surface area contributed by atoms with E-state index in [-0.39, 0.29) is 10.6 Å². The van der Waals surface area contributed by atoms with Gasteiger partial charge in [-0.15, -0.1) is 0 Å². The molecule has 0 amide bonds. The first-order valence-corrected chi connectivity index (χ1v) is 9.77. The van der Waals surface area contributed by atoms with Gasteiger partial charge < -0.3 is 4.90 Å². The molecule has 1 aliphatic rings. The van der Waals surface area contributed by atoms with Crippen molar-refractivity contribution in [1.82, 2.24) is 14.2 Å². The van der Waals surface area contributed by atoms with E-state index >= 15 is 0 Å². The maximum Gasteiger partial charge on any atom is 0.270 e. The minimum atomic E-state index is -3.71. The highest BCUT2D eigenvalue weighted by Crippen LogP contribution is 2.22. The van der Waals surface area contributed by atoms with Gasteiger partial charge in [0, 0.05) is 57.3 Å². The second kappa shape index (κ2) is 7.90. The Bertz CT molecular complexity index is 865. The number of aromatic nitrogens is 1. The van der Waals surface area contributed by atoms with E-state index in [1.165, 1.54) is 28.1 Å². The van der Waals surface area contributed by atoms with Crippen molar-refractivity contribution in [3.05, 3.63) is 64.5 Å². The van der Waals surface area contributed by atoms with Crippen molar-refractivity contribution in [1.29, 1.82) is 0 Å². The minimum Gasteiger partial charge on any atom is -0.300 e. The Balaban J connectivity index is 1.60. The summed E-state index contributed by atoms with van der Waals surface area (Å²) in [6.45, 7) is 2.88. The number of non-ortho nitro benzene ring substituents is 1. The number of benzene rings is 1. The number of rotatable bonds is 6. The Kier molecular flexibility index (Phi) is 5.60. The van der Waals surface area contributed by atoms with Crippen LogP contribution in [0.4, 0.5) is 5.69 Å². The third kappa shape index (κ3) is 4.24. The molecule has 1 saturated heterocycles. The average Bonchev–Trinajstić information content (AvgIpc) is 2.67. The highest BCUT2D eigenvalue weighted by Gasteiger charge is 2.29. The van der Waals surface area contributed by atoms with Crippen molar-refractivity contribution < 1.29 is 13.3 Å². The number of sulfonamides is 1. The summed E-state index contributed by atoms with van der Waals surface area (Å²) >= 11 is 0. The summed E-state index contributed by atoms with van der Waals surface area (Å²) in [6.07, 6.45) is 4.41. The van der Waals surface area contributed by atoms with Crippen LogP contribution in [0.1, 0.15) is 5.56 Å². The molecule has 0 bridgehead atoms. The second-order valence-corrected chi connectivity index (χ2v) is 8.04. The largest absolute Gasteiger partial charge is 0.300 e. The molecule has 2 heterocycles. The molecular formula is C17H20N4O4S. The predicted octanol–water partition coefficient (Wildman–Crippen LogP) is 1.54. The molecule has 0 radical (unpaired) electrons. The van der Waals surface area contributed by atoms with Gasteiger partial charge in [-0.2, -0.15) is 4.31 Å². The van der Waals surface area contributed by atoms with E-state index < -0.39 is 14.9 Å². The molecule has 1 aromatic carbocycles. The summed E-state index contributed by atoms with van der Waals surface area (Å²) < 4.78 is 26.8. The van der Waals surface area contributed by atoms with Crippen molar-refractivity contribution in [3.63, 3.8) is 0 Å². The Labute approximate surface area is 152 Å². The van der Waals surface area contributed by atoms with Crippen LogP contribution < -0.4 is 0 Å². The van der Waals surface area contributed by atoms with Gasteiger partial charge in [0.1, 0.15) is 0 Å². The van der Waals surface area contributed by atoms with Crippen LogP contribution in [0.5, 0.6) is 0 Å². The zero-order valence-electron chi connectivity index (χ0n) is 14.2. The highest BCUT2D eigenvalue weighted by atomic mass is 32.2. The normalized spacial score (nSPS) is 16.5. The zero-order chi connectivity index (χ0) is 18.6. The van der Waals surface area contributed by atoms with Gasteiger partial charge in [0.2, 0.25) is 10.0 Å². The first-order valence-electron chi connectivity index (χ1n) is 8.33. The van der Waals surface area contributed by atoms with Gasteiger partial charge in [-0.25, -0.2) is 8.42 Å². The van der Waals surface area contributed by atoms with Crippen molar-refractivity contribution in [2.24, 2.45) is 0 Å². The topological polar surface area (TPSA) is 96.6 Å². The Hall–Kier alpha value is -2.36. The number of hydrogen-bond acceptors (Lipinski definition) is 6. The Morgan fingerprint density at radius 3 is 2.42 bits per heavy atom. The number of nitro benzene ring substituents is 1. The molecule has 0 aliphatic carbocycles. The highest BCUT2D eigenvalue weighted by molar-refractivity contribution is 7.89. The van der Waals surface area contributed by atoms with Gasteiger partial charge in [-0.05, 0) is 30.2 Å². The fourth-order valence-corrected chi connectivity index (χ4v) is 4.40. The van der Waals surface area contributed by atoms with Crippen LogP contribution in [0.15, 0.2) is 53.7 Å². The maximum atomic E-state index is 12.7. The molecule has 26 heavy (non-hydrogen) atoms. The molecule has 1 aliphatic heterocycles. The lowest BCUT2D eigenvalue weighted by Gasteiger charge is -2.33. The Morgan fingerprint density at radius 2 is 1.77 bits per heavy atom. The molecule has 0 spiro atoms. The third-order valence-corrected chi connectivity index (χ3v) is 6.36. The first-order chi connectivity index (χ1) is 12.5. The van der Waals surface area contributed by atoms with E-state index in [1.54, 1.807) is 12.4 Å². The zero-order valence-corrected chi connectivity index (χ0v) is 15.0. The van der Waals surface area contributed by atoms with E-state index in [0.29, 0.717) is 26.2 Å². The second-order valence-electron chi connectivity index (χ2n) is 6.11. The van der Waals surface area contributed by atoms with Gasteiger partial charge in [-0.3, -0.25) is 15.1 Å². The van der Waals surface area contributed by atoms with Crippen LogP contribution in [0.25, 0.3) is 0 Å². The summed E-state index contributed by atoms with van der Waals surface area (Å²) in [6, 6.07) is 9.15. The summed E-state index contributed by atoms with van der Waals surface area (Å²) in [4.78, 5) is 16.5. The van der Waals surface area contributed by atoms with Crippen molar-refractivity contribution in [2.45, 2.75) is 11.3 Å². The summed E-state index contributed by atoms with van der Waals surface area (Å²) in [7, 11) is -3.71. The number of nitro groups is 1. The smallest absolute Gasteiger partial charge is 0.270 e. The summed E-state index contributed by atoms with van der Waals surface area (Å²) in [5.41, 5.74) is 0.980. The van der Waals surface area contributed by atoms with Gasteiger partial charge >= 0.3 is 0 Å². The van der Waals surface area contributed by atoms with E-state index in [9.17, 15) is 18.5 Å². The van der Waals surface area contributed by atoms with Gasteiger partial charge in [0.05, 0.1) is 9.82 Å². The van der Waals surface area contributed by atoms with Crippen molar-refractivity contribution in [2.75, 3.05) is 32.7 Å². The van der Waals surface area contributed by atoms with Crippen LogP contribution in [-0.4, -0.2) is 60.3 Å². The lowest BCUT2D eigenvalue weighted by molar-refractivity contribution is -0.385. The average molecular weight is 376 g/mol. The SMILES string of the molecule is O=[N+]([O-])c1cccc(S(=O)(=O)N2CCN(CCc3ccncc3)CC2)c1. The molecule has 0 atom stereocenters. The lowest BCUT2D eigenvalue weighted by Crippen LogP contribution is -2.49. The predicted molar refractivity (Wildman–Crippen MR) is 96.2 cm³/mol. The quantitative estimate of drug-likeness (QED) is 0.560. The number of pyridine rings is 1. The van der Waals surface area contributed by atoms with E-state index in [0.717, 1.165) is 19.0 Å². The molecule has 9 heteroatoms. The molecule has 0 unspecified atom stereocenters. The van der Waals surface area contributed by atoms with Crippen molar-refractivity contribution in [3.8, 4) is 0 Å². The minimum absolute atomic E-state index is 0.0306. The molecule has 0 saturated carbocycles. The number of nitrogens with zero attached hydrogens (tertiary/aromatic N) is 4. The molecule has 0 N–H and O–H groups in total. The molecule has 138 valence electrons. The molecule has 1 fully saturated rings. The van der Waals surface area contributed by atoms with Crippen LogP contribution in [0.2, 0.25) is 0 Å². The number of piperazine rings is 1. The van der Waals surface area contributed by atoms with E-state index in [1.807, 2.05) is 12.1 Å². The van der Waals surface area contributed by atoms with Gasteiger partial charge in [0.15, 0.2) is 0 Å². The summed E-state index contributed by atoms with van der Waals surface area (Å²) in [5, 5.41) is 10.9. The molecule has 8 nitrogen and oxygen atoms in total. The van der Waals surface area contributed by atoms with E-state index in [4.69, 9.17) is 0 Å². The first kappa shape index (κ1) is 18.4. The van der Waals surface area contributed by atoms with Crippen molar-refractivity contribution >= 4 is 15.7 Å². The Morgan fingerprint density at radius 1 is 1.08 bits per heavy atom. The van der Waals surface area contributed by atoms with Gasteiger partial charge in [0.25, 0.3) is 5.69 Å². The van der Waals surface area contributed by atoms with Crippen LogP contribution >= 0.6 is 0 Å². The van der Waals surface area contributed by atoms with Crippen LogP contribution in [-0.2, 0) is 16.4 Å². The van der Waals surface area contributed by atoms with E-state index in [2.05, 4.69) is 9.88 Å². The molecule has 1 aromatic heterocycles. The fraction of sp³-hybridized carbons (Fsp3) is 0.353. The summed E-state index contributed by atoms with van der Waals surface area (Å²) in [5.74, 6) is 0. The monoisotopic (exact) mass is 376 g/mol. The molecule has 3 rings (SSSR count). The standard InChI is InChI=1S/C17H20N4O4S/c22-21(23)16-2-1-3-17(14-16)26(24,25)20-12-10-19(11-13-20)9-6-15-4-7-18-8-5-15/h1-5,7-8,14H,6,9-13H2. The molecular weight excluding hydrogens is 356 g/mol. The van der Waals surface area contributed by atoms with Gasteiger partial charge in [-0.1, -0.05) is 6.07 Å². The van der Waals surface area contributed by atoms with Crippen LogP contribution in [0.3, 0.4) is 0 Å². The maximum absolute atomic E-state index is 12.7. The van der Waals surface area contributed by atoms with Crippen LogP contribution in [0, 0.1) is 10.1 Å². The molecule has 2 aromatic rings. The third-order valence-electron chi connectivity index (χ3n) is 4.46.